The first-order valence-electron chi connectivity index (χ1n) is 6.14. The largest absolute Gasteiger partial charge is 0.481 e. The molecule has 0 bridgehead atoms. The molecular weight excluding hydrogens is 292 g/mol. The van der Waals surface area contributed by atoms with Crippen molar-refractivity contribution >= 4 is 29.6 Å². The van der Waals surface area contributed by atoms with Crippen molar-refractivity contribution in [2.75, 3.05) is 6.54 Å². The standard InChI is InChI=1S/C12H16N6O4/c13-11(14)16-8-3-1-2-7(6-8)10(21)17-18-12(22)15-5-4-9(19)20/h1-3,6H,4-5H2,(H,17,21)(H,19,20)(H4,13,14,16)(H2,15,18,22). The number of carbonyl (C=O) groups excluding carboxylic acids is 2. The number of carbonyl (C=O) groups is 3. The smallest absolute Gasteiger partial charge is 0.333 e. The zero-order valence-corrected chi connectivity index (χ0v) is 11.5. The molecule has 0 unspecified atom stereocenters. The van der Waals surface area contributed by atoms with E-state index in [4.69, 9.17) is 16.6 Å². The van der Waals surface area contributed by atoms with Crippen LogP contribution in [0.3, 0.4) is 0 Å². The number of benzene rings is 1. The van der Waals surface area contributed by atoms with Crippen molar-refractivity contribution in [3.63, 3.8) is 0 Å². The van der Waals surface area contributed by atoms with Crippen molar-refractivity contribution in [1.82, 2.24) is 16.2 Å². The summed E-state index contributed by atoms with van der Waals surface area (Å²) in [6, 6.07) is 5.38. The molecule has 0 heterocycles. The maximum atomic E-state index is 11.8. The van der Waals surface area contributed by atoms with E-state index in [0.29, 0.717) is 5.69 Å². The lowest BCUT2D eigenvalue weighted by atomic mass is 10.2. The number of aliphatic imine (C=N–C) groups is 1. The van der Waals surface area contributed by atoms with Crippen molar-refractivity contribution in [1.29, 1.82) is 0 Å². The van der Waals surface area contributed by atoms with Gasteiger partial charge in [0.05, 0.1) is 12.1 Å². The van der Waals surface area contributed by atoms with E-state index in [1.54, 1.807) is 12.1 Å². The summed E-state index contributed by atoms with van der Waals surface area (Å²) in [5.41, 5.74) is 15.3. The Morgan fingerprint density at radius 3 is 2.55 bits per heavy atom. The monoisotopic (exact) mass is 308 g/mol. The highest BCUT2D eigenvalue weighted by Gasteiger charge is 2.08. The number of nitrogens with zero attached hydrogens (tertiary/aromatic N) is 1. The third kappa shape index (κ3) is 6.23. The van der Waals surface area contributed by atoms with Gasteiger partial charge in [-0.15, -0.1) is 0 Å². The Morgan fingerprint density at radius 1 is 1.18 bits per heavy atom. The van der Waals surface area contributed by atoms with E-state index in [0.717, 1.165) is 0 Å². The van der Waals surface area contributed by atoms with Crippen LogP contribution in [0.15, 0.2) is 29.3 Å². The summed E-state index contributed by atoms with van der Waals surface area (Å²) >= 11 is 0. The molecule has 0 fully saturated rings. The van der Waals surface area contributed by atoms with Gasteiger partial charge in [0, 0.05) is 12.1 Å². The fourth-order valence-electron chi connectivity index (χ4n) is 1.38. The van der Waals surface area contributed by atoms with Crippen molar-refractivity contribution in [3.05, 3.63) is 29.8 Å². The van der Waals surface area contributed by atoms with Crippen molar-refractivity contribution in [2.45, 2.75) is 6.42 Å². The van der Waals surface area contributed by atoms with Gasteiger partial charge in [0.25, 0.3) is 5.91 Å². The molecule has 0 aliphatic carbocycles. The average molecular weight is 308 g/mol. The molecule has 0 spiro atoms. The van der Waals surface area contributed by atoms with E-state index >= 15 is 0 Å². The second-order valence-corrected chi connectivity index (χ2v) is 4.07. The molecule has 22 heavy (non-hydrogen) atoms. The third-order valence-electron chi connectivity index (χ3n) is 2.28. The number of nitrogens with one attached hydrogen (secondary N) is 3. The summed E-state index contributed by atoms with van der Waals surface area (Å²) in [7, 11) is 0. The van der Waals surface area contributed by atoms with E-state index in [9.17, 15) is 14.4 Å². The molecule has 1 rings (SSSR count). The summed E-state index contributed by atoms with van der Waals surface area (Å²) in [5, 5.41) is 10.7. The Kier molecular flexibility index (Phi) is 6.16. The van der Waals surface area contributed by atoms with Crippen LogP contribution in [0.25, 0.3) is 0 Å². The van der Waals surface area contributed by atoms with E-state index in [2.05, 4.69) is 21.2 Å². The van der Waals surface area contributed by atoms with Gasteiger partial charge in [-0.3, -0.25) is 15.0 Å². The predicted octanol–water partition coefficient (Wildman–Crippen LogP) is -0.990. The number of nitrogens with two attached hydrogens (primary N) is 2. The topological polar surface area (TPSA) is 172 Å². The fourth-order valence-corrected chi connectivity index (χ4v) is 1.38. The van der Waals surface area contributed by atoms with Crippen LogP contribution in [-0.4, -0.2) is 35.5 Å². The molecular formula is C12H16N6O4. The minimum Gasteiger partial charge on any atom is -0.481 e. The average Bonchev–Trinajstić information content (AvgIpc) is 2.44. The van der Waals surface area contributed by atoms with Crippen LogP contribution in [0.4, 0.5) is 10.5 Å². The Labute approximate surface area is 125 Å². The third-order valence-corrected chi connectivity index (χ3v) is 2.28. The maximum Gasteiger partial charge on any atom is 0.333 e. The highest BCUT2D eigenvalue weighted by atomic mass is 16.4. The van der Waals surface area contributed by atoms with Gasteiger partial charge in [0.1, 0.15) is 0 Å². The minimum atomic E-state index is -1.04. The molecule has 0 atom stereocenters. The molecule has 0 aromatic heterocycles. The van der Waals surface area contributed by atoms with Crippen molar-refractivity contribution < 1.29 is 19.5 Å². The molecule has 0 saturated carbocycles. The molecule has 1 aromatic rings. The van der Waals surface area contributed by atoms with E-state index < -0.39 is 17.9 Å². The number of carboxylic acid groups (broad SMARTS) is 1. The van der Waals surface area contributed by atoms with Crippen LogP contribution in [-0.2, 0) is 4.79 Å². The Hall–Kier alpha value is -3.30. The van der Waals surface area contributed by atoms with Crippen LogP contribution >= 0.6 is 0 Å². The first-order chi connectivity index (χ1) is 10.4. The molecule has 0 aliphatic rings. The molecule has 1 aromatic carbocycles. The lowest BCUT2D eigenvalue weighted by Crippen LogP contribution is -2.47. The first kappa shape index (κ1) is 16.8. The van der Waals surface area contributed by atoms with E-state index in [1.165, 1.54) is 12.1 Å². The highest BCUT2D eigenvalue weighted by Crippen LogP contribution is 2.13. The summed E-state index contributed by atoms with van der Waals surface area (Å²) < 4.78 is 0. The van der Waals surface area contributed by atoms with E-state index in [1.807, 2.05) is 0 Å². The summed E-state index contributed by atoms with van der Waals surface area (Å²) in [5.74, 6) is -1.77. The summed E-state index contributed by atoms with van der Waals surface area (Å²) in [6.45, 7) is -0.0585. The number of hydrogen-bond donors (Lipinski definition) is 6. The number of carboxylic acids is 1. The molecule has 10 nitrogen and oxygen atoms in total. The fraction of sp³-hybridized carbons (Fsp3) is 0.167. The molecule has 3 amide bonds. The van der Waals surface area contributed by atoms with Gasteiger partial charge in [-0.2, -0.15) is 0 Å². The molecule has 8 N–H and O–H groups in total. The molecule has 10 heteroatoms. The van der Waals surface area contributed by atoms with Gasteiger partial charge in [-0.05, 0) is 18.2 Å². The Morgan fingerprint density at radius 2 is 1.91 bits per heavy atom. The molecule has 118 valence electrons. The SMILES string of the molecule is NC(N)=Nc1cccc(C(=O)NNC(=O)NCCC(=O)O)c1. The van der Waals surface area contributed by atoms with Gasteiger partial charge in [-0.1, -0.05) is 6.07 Å². The van der Waals surface area contributed by atoms with Gasteiger partial charge < -0.3 is 21.9 Å². The highest BCUT2D eigenvalue weighted by molar-refractivity contribution is 5.96. The number of hydrogen-bond acceptors (Lipinski definition) is 4. The summed E-state index contributed by atoms with van der Waals surface area (Å²) in [6.07, 6.45) is -0.220. The van der Waals surface area contributed by atoms with Crippen LogP contribution in [0.1, 0.15) is 16.8 Å². The second-order valence-electron chi connectivity index (χ2n) is 4.07. The van der Waals surface area contributed by atoms with Gasteiger partial charge >= 0.3 is 12.0 Å². The zero-order chi connectivity index (χ0) is 16.5. The summed E-state index contributed by atoms with van der Waals surface area (Å²) in [4.78, 5) is 37.2. The van der Waals surface area contributed by atoms with Gasteiger partial charge in [0.15, 0.2) is 5.96 Å². The molecule has 0 aliphatic heterocycles. The van der Waals surface area contributed by atoms with Crippen LogP contribution in [0, 0.1) is 0 Å². The minimum absolute atomic E-state index is 0.0585. The lowest BCUT2D eigenvalue weighted by molar-refractivity contribution is -0.136. The first-order valence-corrected chi connectivity index (χ1v) is 6.14. The number of guanidine groups is 1. The van der Waals surface area contributed by atoms with Crippen molar-refractivity contribution in [3.8, 4) is 0 Å². The Balaban J connectivity index is 2.50. The normalized spacial score (nSPS) is 9.45. The van der Waals surface area contributed by atoms with Crippen LogP contribution < -0.4 is 27.6 Å². The van der Waals surface area contributed by atoms with Gasteiger partial charge in [-0.25, -0.2) is 15.2 Å². The molecule has 0 radical (unpaired) electrons. The quantitative estimate of drug-likeness (QED) is 0.231. The number of urea groups is 1. The van der Waals surface area contributed by atoms with Crippen molar-refractivity contribution in [2.24, 2.45) is 16.5 Å². The number of aliphatic carboxylic acids is 1. The van der Waals surface area contributed by atoms with Crippen LogP contribution in [0.2, 0.25) is 0 Å². The maximum absolute atomic E-state index is 11.8. The van der Waals surface area contributed by atoms with Gasteiger partial charge in [0.2, 0.25) is 0 Å². The number of rotatable bonds is 5. The second kappa shape index (κ2) is 8.09. The lowest BCUT2D eigenvalue weighted by Gasteiger charge is -2.08. The number of hydrazine groups is 1. The zero-order valence-electron chi connectivity index (χ0n) is 11.5. The Bertz CT molecular complexity index is 597. The molecule has 0 saturated heterocycles. The number of amides is 3. The van der Waals surface area contributed by atoms with E-state index in [-0.39, 0.29) is 24.5 Å². The predicted molar refractivity (Wildman–Crippen MR) is 78.2 cm³/mol. The van der Waals surface area contributed by atoms with Crippen LogP contribution in [0.5, 0.6) is 0 Å².